The second kappa shape index (κ2) is 6.25. The van der Waals surface area contributed by atoms with Crippen LogP contribution < -0.4 is 5.73 Å². The summed E-state index contributed by atoms with van der Waals surface area (Å²) in [5.74, 6) is 1.46. The number of nitrogens with two attached hydrogens (primary N) is 1. The van der Waals surface area contributed by atoms with Gasteiger partial charge in [0.2, 0.25) is 0 Å². The first-order valence-electron chi connectivity index (χ1n) is 7.67. The van der Waals surface area contributed by atoms with Crippen LogP contribution in [0.2, 0.25) is 0 Å². The summed E-state index contributed by atoms with van der Waals surface area (Å²) < 4.78 is 0. The van der Waals surface area contributed by atoms with Crippen LogP contribution in [-0.4, -0.2) is 52.0 Å². The minimum Gasteiger partial charge on any atom is -0.383 e. The van der Waals surface area contributed by atoms with Crippen LogP contribution in [0.3, 0.4) is 0 Å². The topological polar surface area (TPSA) is 58.3 Å². The predicted octanol–water partition coefficient (Wildman–Crippen LogP) is 2.19. The average Bonchev–Trinajstić information content (AvgIpc) is 3.10. The molecule has 114 valence electrons. The van der Waals surface area contributed by atoms with Crippen LogP contribution in [-0.2, 0) is 6.54 Å². The monoisotopic (exact) mass is 305 g/mol. The van der Waals surface area contributed by atoms with E-state index < -0.39 is 0 Å². The highest BCUT2D eigenvalue weighted by atomic mass is 32.1. The Hall–Kier alpha value is -1.24. The third kappa shape index (κ3) is 3.02. The highest BCUT2D eigenvalue weighted by molar-refractivity contribution is 7.16. The summed E-state index contributed by atoms with van der Waals surface area (Å²) in [6.07, 6.45) is 1.23. The van der Waals surface area contributed by atoms with E-state index in [1.54, 1.807) is 11.3 Å². The van der Waals surface area contributed by atoms with E-state index >= 15 is 0 Å². The quantitative estimate of drug-likeness (QED) is 0.917. The first-order valence-corrected chi connectivity index (χ1v) is 8.55. The van der Waals surface area contributed by atoms with Gasteiger partial charge in [-0.25, -0.2) is 9.97 Å². The van der Waals surface area contributed by atoms with Crippen molar-refractivity contribution >= 4 is 27.4 Å². The summed E-state index contributed by atoms with van der Waals surface area (Å²) >= 11 is 1.63. The number of thiophene rings is 1. The molecule has 0 saturated carbocycles. The number of aromatic nitrogens is 2. The zero-order chi connectivity index (χ0) is 14.8. The molecule has 0 bridgehead atoms. The Morgan fingerprint density at radius 2 is 2.19 bits per heavy atom. The highest BCUT2D eigenvalue weighted by Crippen LogP contribution is 2.24. The van der Waals surface area contributed by atoms with Crippen molar-refractivity contribution in [1.82, 2.24) is 19.8 Å². The molecule has 2 aromatic rings. The Kier molecular flexibility index (Phi) is 4.37. The molecule has 0 aromatic carbocycles. The van der Waals surface area contributed by atoms with Gasteiger partial charge in [-0.15, -0.1) is 11.3 Å². The fourth-order valence-electron chi connectivity index (χ4n) is 3.19. The van der Waals surface area contributed by atoms with Crippen molar-refractivity contribution in [2.75, 3.05) is 31.9 Å². The van der Waals surface area contributed by atoms with E-state index in [1.807, 2.05) is 11.4 Å². The molecule has 5 nitrogen and oxygen atoms in total. The standard InChI is InChI=1S/C15H23N5S/c1-3-20(4-2)11-5-7-19(9-11)10-13-17-14(16)12-6-8-21-15(12)18-13/h6,8,11H,3-5,7,9-10H2,1-2H3,(H2,16,17,18). The maximum absolute atomic E-state index is 6.02. The van der Waals surface area contributed by atoms with Gasteiger partial charge in [0.15, 0.2) is 0 Å². The fraction of sp³-hybridized carbons (Fsp3) is 0.600. The number of nitrogen functional groups attached to an aromatic ring is 1. The van der Waals surface area contributed by atoms with Gasteiger partial charge in [-0.3, -0.25) is 9.80 Å². The summed E-state index contributed by atoms with van der Waals surface area (Å²) in [4.78, 5) is 15.1. The summed E-state index contributed by atoms with van der Waals surface area (Å²) in [5.41, 5.74) is 6.02. The summed E-state index contributed by atoms with van der Waals surface area (Å²) in [6, 6.07) is 2.66. The van der Waals surface area contributed by atoms with Crippen LogP contribution in [0.5, 0.6) is 0 Å². The summed E-state index contributed by atoms with van der Waals surface area (Å²) in [7, 11) is 0. The maximum atomic E-state index is 6.02. The van der Waals surface area contributed by atoms with Crippen LogP contribution in [0.15, 0.2) is 11.4 Å². The SMILES string of the molecule is CCN(CC)C1CCN(Cc2nc(N)c3ccsc3n2)C1. The van der Waals surface area contributed by atoms with E-state index in [-0.39, 0.29) is 0 Å². The molecule has 0 aliphatic carbocycles. The molecule has 21 heavy (non-hydrogen) atoms. The van der Waals surface area contributed by atoms with Gasteiger partial charge in [-0.05, 0) is 31.0 Å². The number of likely N-dealkylation sites (N-methyl/N-ethyl adjacent to an activating group) is 1. The smallest absolute Gasteiger partial charge is 0.146 e. The molecule has 1 unspecified atom stereocenters. The van der Waals surface area contributed by atoms with Gasteiger partial charge in [0.25, 0.3) is 0 Å². The molecule has 1 aliphatic rings. The zero-order valence-electron chi connectivity index (χ0n) is 12.7. The maximum Gasteiger partial charge on any atom is 0.146 e. The Balaban J connectivity index is 1.69. The van der Waals surface area contributed by atoms with E-state index in [4.69, 9.17) is 5.73 Å². The fourth-order valence-corrected chi connectivity index (χ4v) is 3.98. The lowest BCUT2D eigenvalue weighted by Crippen LogP contribution is -2.37. The second-order valence-electron chi connectivity index (χ2n) is 5.56. The minimum atomic E-state index is 0.607. The number of nitrogens with zero attached hydrogens (tertiary/aromatic N) is 4. The Bertz CT molecular complexity index is 607. The van der Waals surface area contributed by atoms with Gasteiger partial charge in [0.05, 0.1) is 11.9 Å². The van der Waals surface area contributed by atoms with Gasteiger partial charge < -0.3 is 5.73 Å². The van der Waals surface area contributed by atoms with Gasteiger partial charge in [0, 0.05) is 19.1 Å². The number of hydrogen-bond acceptors (Lipinski definition) is 6. The van der Waals surface area contributed by atoms with Crippen molar-refractivity contribution in [2.24, 2.45) is 0 Å². The number of fused-ring (bicyclic) bond motifs is 1. The van der Waals surface area contributed by atoms with Crippen molar-refractivity contribution < 1.29 is 0 Å². The minimum absolute atomic E-state index is 0.607. The largest absolute Gasteiger partial charge is 0.383 e. The molecule has 1 atom stereocenters. The van der Waals surface area contributed by atoms with E-state index in [1.165, 1.54) is 6.42 Å². The average molecular weight is 305 g/mol. The molecule has 1 fully saturated rings. The van der Waals surface area contributed by atoms with Crippen LogP contribution in [0.1, 0.15) is 26.1 Å². The normalized spacial score (nSPS) is 19.9. The Labute approximate surface area is 129 Å². The van der Waals surface area contributed by atoms with Gasteiger partial charge >= 0.3 is 0 Å². The van der Waals surface area contributed by atoms with Crippen molar-refractivity contribution in [2.45, 2.75) is 32.9 Å². The van der Waals surface area contributed by atoms with Crippen molar-refractivity contribution in [3.8, 4) is 0 Å². The van der Waals surface area contributed by atoms with Crippen LogP contribution in [0, 0.1) is 0 Å². The lowest BCUT2D eigenvalue weighted by Gasteiger charge is -2.26. The van der Waals surface area contributed by atoms with E-state index in [0.717, 1.165) is 48.8 Å². The molecule has 1 saturated heterocycles. The molecule has 0 radical (unpaired) electrons. The predicted molar refractivity (Wildman–Crippen MR) is 88.4 cm³/mol. The van der Waals surface area contributed by atoms with Crippen molar-refractivity contribution in [3.05, 3.63) is 17.3 Å². The molecule has 3 rings (SSSR count). The lowest BCUT2D eigenvalue weighted by molar-refractivity contribution is 0.208. The highest BCUT2D eigenvalue weighted by Gasteiger charge is 2.26. The van der Waals surface area contributed by atoms with Gasteiger partial charge in [-0.1, -0.05) is 13.8 Å². The van der Waals surface area contributed by atoms with Crippen molar-refractivity contribution in [1.29, 1.82) is 0 Å². The molecule has 1 aliphatic heterocycles. The number of anilines is 1. The molecule has 3 heterocycles. The number of likely N-dealkylation sites (tertiary alicyclic amines) is 1. The van der Waals surface area contributed by atoms with Crippen LogP contribution >= 0.6 is 11.3 Å². The third-order valence-electron chi connectivity index (χ3n) is 4.34. The first-order chi connectivity index (χ1) is 10.2. The Morgan fingerprint density at radius 3 is 2.95 bits per heavy atom. The first kappa shape index (κ1) is 14.7. The molecular weight excluding hydrogens is 282 g/mol. The molecule has 0 spiro atoms. The molecule has 0 amide bonds. The molecule has 2 N–H and O–H groups in total. The zero-order valence-corrected chi connectivity index (χ0v) is 13.6. The van der Waals surface area contributed by atoms with E-state index in [2.05, 4.69) is 33.6 Å². The van der Waals surface area contributed by atoms with Gasteiger partial charge in [0.1, 0.15) is 16.5 Å². The third-order valence-corrected chi connectivity index (χ3v) is 5.15. The lowest BCUT2D eigenvalue weighted by atomic mass is 10.2. The van der Waals surface area contributed by atoms with E-state index in [9.17, 15) is 0 Å². The summed E-state index contributed by atoms with van der Waals surface area (Å²) in [5, 5.41) is 3.00. The van der Waals surface area contributed by atoms with Crippen LogP contribution in [0.4, 0.5) is 5.82 Å². The van der Waals surface area contributed by atoms with Gasteiger partial charge in [-0.2, -0.15) is 0 Å². The second-order valence-corrected chi connectivity index (χ2v) is 6.46. The molecule has 6 heteroatoms. The number of rotatable bonds is 5. The number of hydrogen-bond donors (Lipinski definition) is 1. The van der Waals surface area contributed by atoms with Crippen molar-refractivity contribution in [3.63, 3.8) is 0 Å². The Morgan fingerprint density at radius 1 is 1.38 bits per heavy atom. The molecular formula is C15H23N5S. The van der Waals surface area contributed by atoms with E-state index in [0.29, 0.717) is 11.9 Å². The van der Waals surface area contributed by atoms with Crippen LogP contribution in [0.25, 0.3) is 10.2 Å². The molecule has 2 aromatic heterocycles. The summed E-state index contributed by atoms with van der Waals surface area (Å²) in [6.45, 7) is 9.75.